The van der Waals surface area contributed by atoms with Crippen molar-refractivity contribution in [1.82, 2.24) is 0 Å². The molecule has 0 aromatic heterocycles. The molecule has 1 aromatic carbocycles. The quantitative estimate of drug-likeness (QED) is 0.841. The summed E-state index contributed by atoms with van der Waals surface area (Å²) in [6.45, 7) is 2.74. The van der Waals surface area contributed by atoms with Gasteiger partial charge in [0.1, 0.15) is 0 Å². The average Bonchev–Trinajstić information content (AvgIpc) is 2.84. The zero-order chi connectivity index (χ0) is 13.1. The van der Waals surface area contributed by atoms with E-state index in [0.29, 0.717) is 15.8 Å². The Morgan fingerprint density at radius 1 is 1.44 bits per heavy atom. The Labute approximate surface area is 120 Å². The maximum atomic E-state index is 12.3. The van der Waals surface area contributed by atoms with Crippen LogP contribution in [0.4, 0.5) is 0 Å². The maximum absolute atomic E-state index is 12.3. The van der Waals surface area contributed by atoms with E-state index in [1.807, 2.05) is 13.0 Å². The van der Waals surface area contributed by atoms with Crippen LogP contribution in [-0.4, -0.2) is 22.7 Å². The topological polar surface area (TPSA) is 26.3 Å². The molecule has 0 amide bonds. The number of rotatable bonds is 4. The van der Waals surface area contributed by atoms with Gasteiger partial charge in [0.15, 0.2) is 0 Å². The molecule has 1 aliphatic rings. The largest absolute Gasteiger partial charge is 0.377 e. The molecule has 1 heterocycles. The summed E-state index contributed by atoms with van der Waals surface area (Å²) in [6.07, 6.45) is 2.24. The molecule has 3 atom stereocenters. The Morgan fingerprint density at radius 2 is 2.22 bits per heavy atom. The minimum Gasteiger partial charge on any atom is -0.377 e. The molecule has 2 rings (SSSR count). The fourth-order valence-electron chi connectivity index (χ4n) is 2.02. The first-order valence-corrected chi connectivity index (χ1v) is 8.15. The molecular formula is C13H16Cl2O2S. The van der Waals surface area contributed by atoms with Crippen molar-refractivity contribution < 1.29 is 8.95 Å². The fraction of sp³-hybridized carbons (Fsp3) is 0.538. The van der Waals surface area contributed by atoms with Crippen LogP contribution in [0.25, 0.3) is 0 Å². The van der Waals surface area contributed by atoms with Crippen molar-refractivity contribution in [2.75, 3.05) is 12.4 Å². The van der Waals surface area contributed by atoms with Crippen molar-refractivity contribution in [3.8, 4) is 0 Å². The number of halogens is 2. The molecule has 0 N–H and O–H groups in total. The number of hydrogen-bond donors (Lipinski definition) is 0. The molecule has 100 valence electrons. The van der Waals surface area contributed by atoms with Gasteiger partial charge in [0.2, 0.25) is 0 Å². The minimum absolute atomic E-state index is 0.0519. The van der Waals surface area contributed by atoms with Gasteiger partial charge in [-0.1, -0.05) is 29.3 Å². The average molecular weight is 307 g/mol. The third-order valence-electron chi connectivity index (χ3n) is 3.18. The highest BCUT2D eigenvalue weighted by atomic mass is 35.5. The first-order chi connectivity index (χ1) is 8.58. The second-order valence-electron chi connectivity index (χ2n) is 4.50. The summed E-state index contributed by atoms with van der Waals surface area (Å²) >= 11 is 11.9. The Bertz CT molecular complexity index is 445. The highest BCUT2D eigenvalue weighted by Crippen LogP contribution is 2.28. The predicted molar refractivity (Wildman–Crippen MR) is 76.9 cm³/mol. The highest BCUT2D eigenvalue weighted by molar-refractivity contribution is 7.85. The standard InChI is InChI=1S/C13H16Cl2O2S/c1-9(10-4-5-12(14)13(15)7-10)18(16)8-11-3-2-6-17-11/h4-5,7,9,11H,2-3,6,8H2,1H3. The molecule has 18 heavy (non-hydrogen) atoms. The smallest absolute Gasteiger partial charge is 0.0691 e. The first-order valence-electron chi connectivity index (χ1n) is 6.01. The van der Waals surface area contributed by atoms with Crippen LogP contribution in [0.2, 0.25) is 10.0 Å². The normalized spacial score (nSPS) is 22.9. The molecule has 2 nitrogen and oxygen atoms in total. The summed E-state index contributed by atoms with van der Waals surface area (Å²) in [5.74, 6) is 0.599. The highest BCUT2D eigenvalue weighted by Gasteiger charge is 2.22. The van der Waals surface area contributed by atoms with E-state index >= 15 is 0 Å². The predicted octanol–water partition coefficient (Wildman–Crippen LogP) is 3.98. The third kappa shape index (κ3) is 3.47. The van der Waals surface area contributed by atoms with Crippen LogP contribution in [-0.2, 0) is 15.5 Å². The van der Waals surface area contributed by atoms with E-state index < -0.39 is 10.8 Å². The van der Waals surface area contributed by atoms with E-state index in [1.165, 1.54) is 0 Å². The van der Waals surface area contributed by atoms with Crippen LogP contribution in [0.3, 0.4) is 0 Å². The van der Waals surface area contributed by atoms with Crippen LogP contribution < -0.4 is 0 Å². The van der Waals surface area contributed by atoms with E-state index in [2.05, 4.69) is 0 Å². The molecule has 0 spiro atoms. The molecule has 0 aliphatic carbocycles. The Balaban J connectivity index is 2.02. The van der Waals surface area contributed by atoms with Crippen molar-refractivity contribution in [3.63, 3.8) is 0 Å². The molecule has 0 radical (unpaired) electrons. The fourth-order valence-corrected chi connectivity index (χ4v) is 3.70. The molecule has 1 aliphatic heterocycles. The van der Waals surface area contributed by atoms with Crippen molar-refractivity contribution in [3.05, 3.63) is 33.8 Å². The van der Waals surface area contributed by atoms with E-state index in [1.54, 1.807) is 12.1 Å². The van der Waals surface area contributed by atoms with Gasteiger partial charge < -0.3 is 4.74 Å². The van der Waals surface area contributed by atoms with Gasteiger partial charge in [-0.05, 0) is 37.5 Å². The van der Waals surface area contributed by atoms with Gasteiger partial charge in [0.05, 0.1) is 27.2 Å². The van der Waals surface area contributed by atoms with Gasteiger partial charge in [0, 0.05) is 17.4 Å². The summed E-state index contributed by atoms with van der Waals surface area (Å²) in [5.41, 5.74) is 0.959. The van der Waals surface area contributed by atoms with Crippen LogP contribution in [0, 0.1) is 0 Å². The number of benzene rings is 1. The first kappa shape index (κ1) is 14.3. The van der Waals surface area contributed by atoms with Crippen LogP contribution >= 0.6 is 23.2 Å². The van der Waals surface area contributed by atoms with Crippen molar-refractivity contribution >= 4 is 34.0 Å². The minimum atomic E-state index is -0.947. The molecule has 1 saturated heterocycles. The Morgan fingerprint density at radius 3 is 2.83 bits per heavy atom. The van der Waals surface area contributed by atoms with Gasteiger partial charge >= 0.3 is 0 Å². The lowest BCUT2D eigenvalue weighted by atomic mass is 10.2. The lowest BCUT2D eigenvalue weighted by Crippen LogP contribution is -2.18. The van der Waals surface area contributed by atoms with Crippen LogP contribution in [0.5, 0.6) is 0 Å². The summed E-state index contributed by atoms with van der Waals surface area (Å²) in [5, 5.41) is 0.983. The molecular weight excluding hydrogens is 291 g/mol. The Hall–Kier alpha value is -0.0900. The molecule has 5 heteroatoms. The summed E-state index contributed by atoms with van der Waals surface area (Å²) in [6, 6.07) is 5.42. The van der Waals surface area contributed by atoms with Gasteiger partial charge in [-0.25, -0.2) is 0 Å². The van der Waals surface area contributed by atoms with Gasteiger partial charge in [-0.2, -0.15) is 0 Å². The van der Waals surface area contributed by atoms with Crippen LogP contribution in [0.15, 0.2) is 18.2 Å². The zero-order valence-corrected chi connectivity index (χ0v) is 12.5. The lowest BCUT2D eigenvalue weighted by molar-refractivity contribution is 0.128. The van der Waals surface area contributed by atoms with E-state index in [4.69, 9.17) is 27.9 Å². The summed E-state index contributed by atoms with van der Waals surface area (Å²) < 4.78 is 17.8. The summed E-state index contributed by atoms with van der Waals surface area (Å²) in [4.78, 5) is 0. The lowest BCUT2D eigenvalue weighted by Gasteiger charge is -2.15. The Kier molecular flexibility index (Phi) is 5.07. The SMILES string of the molecule is CC(c1ccc(Cl)c(Cl)c1)S(=O)CC1CCCO1. The van der Waals surface area contributed by atoms with Crippen molar-refractivity contribution in [2.45, 2.75) is 31.1 Å². The zero-order valence-electron chi connectivity index (χ0n) is 10.2. The van der Waals surface area contributed by atoms with E-state index in [-0.39, 0.29) is 11.4 Å². The molecule has 3 unspecified atom stereocenters. The summed E-state index contributed by atoms with van der Waals surface area (Å²) in [7, 11) is -0.947. The third-order valence-corrected chi connectivity index (χ3v) is 5.68. The molecule has 0 bridgehead atoms. The number of hydrogen-bond acceptors (Lipinski definition) is 2. The molecule has 1 fully saturated rings. The molecule has 0 saturated carbocycles. The van der Waals surface area contributed by atoms with Crippen molar-refractivity contribution in [1.29, 1.82) is 0 Å². The maximum Gasteiger partial charge on any atom is 0.0691 e. The van der Waals surface area contributed by atoms with Gasteiger partial charge in [0.25, 0.3) is 0 Å². The number of ether oxygens (including phenoxy) is 1. The van der Waals surface area contributed by atoms with Gasteiger partial charge in [-0.15, -0.1) is 0 Å². The monoisotopic (exact) mass is 306 g/mol. The molecule has 1 aromatic rings. The van der Waals surface area contributed by atoms with E-state index in [0.717, 1.165) is 25.0 Å². The van der Waals surface area contributed by atoms with E-state index in [9.17, 15) is 4.21 Å². The van der Waals surface area contributed by atoms with Gasteiger partial charge in [-0.3, -0.25) is 4.21 Å². The van der Waals surface area contributed by atoms with Crippen molar-refractivity contribution in [2.24, 2.45) is 0 Å². The second-order valence-corrected chi connectivity index (χ2v) is 7.11. The van der Waals surface area contributed by atoms with Crippen LogP contribution in [0.1, 0.15) is 30.6 Å². The second kappa shape index (κ2) is 6.38.